The third-order valence-corrected chi connectivity index (χ3v) is 2.81. The molecule has 0 aliphatic heterocycles. The fraction of sp³-hybridized carbons (Fsp3) is 0.0667. The first-order valence-corrected chi connectivity index (χ1v) is 6.88. The van der Waals surface area contributed by atoms with Gasteiger partial charge in [-0.15, -0.1) is 0 Å². The third-order valence-electron chi connectivity index (χ3n) is 2.38. The molecule has 0 aliphatic carbocycles. The number of amides is 1. The quantitative estimate of drug-likeness (QED) is 0.664. The smallest absolute Gasteiger partial charge is 0.331 e. The second-order valence-corrected chi connectivity index (χ2v) is 4.78. The van der Waals surface area contributed by atoms with Crippen LogP contribution in [0.3, 0.4) is 0 Å². The Labute approximate surface area is 129 Å². The molecule has 21 heavy (non-hydrogen) atoms. The largest absolute Gasteiger partial charge is 0.452 e. The number of anilines is 1. The number of carbonyl (C=O) groups is 2. The molecular weight excluding hydrogens is 338 g/mol. The molecule has 6 heteroatoms. The zero-order chi connectivity index (χ0) is 15.1. The molecule has 1 N–H and O–H groups in total. The summed E-state index contributed by atoms with van der Waals surface area (Å²) in [6.07, 6.45) is 2.66. The first-order chi connectivity index (χ1) is 10.1. The Hall–Kier alpha value is -2.34. The molecule has 0 saturated carbocycles. The molecule has 0 bridgehead atoms. The van der Waals surface area contributed by atoms with E-state index in [0.29, 0.717) is 16.1 Å². The number of furan rings is 1. The number of nitrogens with one attached hydrogen (secondary N) is 1. The molecule has 1 aromatic carbocycles. The molecule has 0 aliphatic rings. The minimum absolute atomic E-state index is 0.347. The van der Waals surface area contributed by atoms with Crippen LogP contribution in [-0.2, 0) is 14.3 Å². The zero-order valence-corrected chi connectivity index (χ0v) is 12.5. The van der Waals surface area contributed by atoms with Gasteiger partial charge in [-0.3, -0.25) is 4.79 Å². The number of benzene rings is 1. The monoisotopic (exact) mass is 349 g/mol. The van der Waals surface area contributed by atoms with E-state index in [9.17, 15) is 9.59 Å². The van der Waals surface area contributed by atoms with Gasteiger partial charge in [0.1, 0.15) is 5.76 Å². The van der Waals surface area contributed by atoms with Gasteiger partial charge in [-0.1, -0.05) is 18.2 Å². The van der Waals surface area contributed by atoms with Crippen molar-refractivity contribution in [3.8, 4) is 0 Å². The van der Waals surface area contributed by atoms with Gasteiger partial charge in [0.05, 0.1) is 0 Å². The third kappa shape index (κ3) is 5.27. The van der Waals surface area contributed by atoms with Crippen molar-refractivity contribution in [2.45, 2.75) is 0 Å². The summed E-state index contributed by atoms with van der Waals surface area (Å²) >= 11 is 3.15. The zero-order valence-electron chi connectivity index (χ0n) is 10.9. The molecule has 5 nitrogen and oxygen atoms in total. The van der Waals surface area contributed by atoms with Gasteiger partial charge in [0, 0.05) is 11.8 Å². The number of hydrogen-bond donors (Lipinski definition) is 1. The van der Waals surface area contributed by atoms with Crippen LogP contribution in [0, 0.1) is 0 Å². The normalized spacial score (nSPS) is 10.5. The topological polar surface area (TPSA) is 68.5 Å². The summed E-state index contributed by atoms with van der Waals surface area (Å²) in [5.41, 5.74) is 0.648. The summed E-state index contributed by atoms with van der Waals surface area (Å²) in [6.45, 7) is -0.347. The van der Waals surface area contributed by atoms with Gasteiger partial charge in [-0.25, -0.2) is 4.79 Å². The Balaban J connectivity index is 1.76. The van der Waals surface area contributed by atoms with Crippen LogP contribution in [0.5, 0.6) is 0 Å². The second-order valence-electron chi connectivity index (χ2n) is 4.00. The van der Waals surface area contributed by atoms with E-state index in [1.54, 1.807) is 36.4 Å². The lowest BCUT2D eigenvalue weighted by molar-refractivity contribution is -0.142. The predicted octanol–water partition coefficient (Wildman–Crippen LogP) is 3.24. The number of hydrogen-bond acceptors (Lipinski definition) is 4. The Bertz CT molecular complexity index is 649. The number of ether oxygens (including phenoxy) is 1. The Morgan fingerprint density at radius 2 is 1.95 bits per heavy atom. The summed E-state index contributed by atoms with van der Waals surface area (Å²) in [6, 6.07) is 12.3. The van der Waals surface area contributed by atoms with E-state index in [1.165, 1.54) is 12.2 Å². The summed E-state index contributed by atoms with van der Waals surface area (Å²) in [4.78, 5) is 23.0. The van der Waals surface area contributed by atoms with E-state index in [4.69, 9.17) is 9.15 Å². The molecule has 2 rings (SSSR count). The SMILES string of the molecule is O=C(COC(=O)/C=C/c1ccc(Br)o1)Nc1ccccc1. The molecule has 0 atom stereocenters. The van der Waals surface area contributed by atoms with E-state index < -0.39 is 11.9 Å². The van der Waals surface area contributed by atoms with Crippen LogP contribution in [-0.4, -0.2) is 18.5 Å². The van der Waals surface area contributed by atoms with Crippen molar-refractivity contribution in [3.05, 3.63) is 59.0 Å². The molecular formula is C15H12BrNO4. The maximum absolute atomic E-state index is 11.6. The number of esters is 1. The molecule has 1 heterocycles. The molecule has 0 fully saturated rings. The first-order valence-electron chi connectivity index (χ1n) is 6.08. The molecule has 0 radical (unpaired) electrons. The van der Waals surface area contributed by atoms with Crippen molar-refractivity contribution < 1.29 is 18.7 Å². The lowest BCUT2D eigenvalue weighted by atomic mass is 10.3. The molecule has 0 saturated heterocycles. The van der Waals surface area contributed by atoms with Crippen molar-refractivity contribution >= 4 is 39.6 Å². The van der Waals surface area contributed by atoms with Crippen LogP contribution in [0.2, 0.25) is 0 Å². The van der Waals surface area contributed by atoms with Gasteiger partial charge < -0.3 is 14.5 Å². The Morgan fingerprint density at radius 3 is 2.62 bits per heavy atom. The van der Waals surface area contributed by atoms with Crippen molar-refractivity contribution in [2.24, 2.45) is 0 Å². The van der Waals surface area contributed by atoms with E-state index in [2.05, 4.69) is 21.2 Å². The average Bonchev–Trinajstić information content (AvgIpc) is 2.90. The van der Waals surface area contributed by atoms with Crippen LogP contribution in [0.15, 0.2) is 57.6 Å². The summed E-state index contributed by atoms with van der Waals surface area (Å²) in [5.74, 6) is -0.512. The molecule has 2 aromatic rings. The second kappa shape index (κ2) is 7.44. The summed E-state index contributed by atoms with van der Waals surface area (Å²) in [7, 11) is 0. The highest BCUT2D eigenvalue weighted by Gasteiger charge is 2.05. The number of para-hydroxylation sites is 1. The standard InChI is InChI=1S/C15H12BrNO4/c16-13-8-6-12(21-13)7-9-15(19)20-10-14(18)17-11-4-2-1-3-5-11/h1-9H,10H2,(H,17,18)/b9-7+. The predicted molar refractivity (Wildman–Crippen MR) is 81.5 cm³/mol. The van der Waals surface area contributed by atoms with Gasteiger partial charge in [-0.05, 0) is 46.3 Å². The Morgan fingerprint density at radius 1 is 1.19 bits per heavy atom. The maximum Gasteiger partial charge on any atom is 0.331 e. The molecule has 1 aromatic heterocycles. The molecule has 0 spiro atoms. The summed E-state index contributed by atoms with van der Waals surface area (Å²) in [5, 5.41) is 2.61. The van der Waals surface area contributed by atoms with E-state index >= 15 is 0 Å². The van der Waals surface area contributed by atoms with Crippen LogP contribution < -0.4 is 5.32 Å². The minimum atomic E-state index is -0.620. The van der Waals surface area contributed by atoms with Gasteiger partial charge in [0.25, 0.3) is 5.91 Å². The lowest BCUT2D eigenvalue weighted by Crippen LogP contribution is -2.20. The van der Waals surface area contributed by atoms with Crippen molar-refractivity contribution in [2.75, 3.05) is 11.9 Å². The highest BCUT2D eigenvalue weighted by Crippen LogP contribution is 2.15. The number of halogens is 1. The fourth-order valence-electron chi connectivity index (χ4n) is 1.47. The van der Waals surface area contributed by atoms with Crippen LogP contribution in [0.1, 0.15) is 5.76 Å². The lowest BCUT2D eigenvalue weighted by Gasteiger charge is -2.04. The maximum atomic E-state index is 11.6. The molecule has 1 amide bonds. The van der Waals surface area contributed by atoms with E-state index in [-0.39, 0.29) is 6.61 Å². The average molecular weight is 350 g/mol. The van der Waals surface area contributed by atoms with E-state index in [1.807, 2.05) is 6.07 Å². The van der Waals surface area contributed by atoms with E-state index in [0.717, 1.165) is 0 Å². The van der Waals surface area contributed by atoms with Gasteiger partial charge in [0.15, 0.2) is 11.3 Å². The fourth-order valence-corrected chi connectivity index (χ4v) is 1.79. The van der Waals surface area contributed by atoms with Crippen LogP contribution in [0.25, 0.3) is 6.08 Å². The first kappa shape index (κ1) is 15.1. The van der Waals surface area contributed by atoms with Crippen molar-refractivity contribution in [3.63, 3.8) is 0 Å². The number of rotatable bonds is 5. The van der Waals surface area contributed by atoms with Crippen molar-refractivity contribution in [1.29, 1.82) is 0 Å². The van der Waals surface area contributed by atoms with Crippen LogP contribution >= 0.6 is 15.9 Å². The minimum Gasteiger partial charge on any atom is -0.452 e. The summed E-state index contributed by atoms with van der Waals surface area (Å²) < 4.78 is 10.6. The van der Waals surface area contributed by atoms with Gasteiger partial charge in [0.2, 0.25) is 0 Å². The molecule has 0 unspecified atom stereocenters. The van der Waals surface area contributed by atoms with Gasteiger partial charge >= 0.3 is 5.97 Å². The highest BCUT2D eigenvalue weighted by molar-refractivity contribution is 9.10. The number of carbonyl (C=O) groups excluding carboxylic acids is 2. The van der Waals surface area contributed by atoms with Gasteiger partial charge in [-0.2, -0.15) is 0 Å². The highest BCUT2D eigenvalue weighted by atomic mass is 79.9. The molecule has 108 valence electrons. The Kier molecular flexibility index (Phi) is 5.34. The van der Waals surface area contributed by atoms with Crippen LogP contribution in [0.4, 0.5) is 5.69 Å². The van der Waals surface area contributed by atoms with Crippen molar-refractivity contribution in [1.82, 2.24) is 0 Å².